The van der Waals surface area contributed by atoms with Crippen molar-refractivity contribution in [2.75, 3.05) is 27.4 Å². The van der Waals surface area contributed by atoms with Gasteiger partial charge in [-0.2, -0.15) is 0 Å². The number of amides is 1. The largest absolute Gasteiger partial charge is 0.507 e. The summed E-state index contributed by atoms with van der Waals surface area (Å²) in [5, 5.41) is 11.1. The highest BCUT2D eigenvalue weighted by atomic mass is 16.5. The van der Waals surface area contributed by atoms with Crippen molar-refractivity contribution >= 4 is 17.4 Å². The summed E-state index contributed by atoms with van der Waals surface area (Å²) in [5.41, 5.74) is 2.41. The van der Waals surface area contributed by atoms with E-state index in [2.05, 4.69) is 20.8 Å². The van der Waals surface area contributed by atoms with Crippen molar-refractivity contribution in [2.45, 2.75) is 38.6 Å². The Kier molecular flexibility index (Phi) is 7.04. The fourth-order valence-corrected chi connectivity index (χ4v) is 3.93. The van der Waals surface area contributed by atoms with Gasteiger partial charge in [-0.25, -0.2) is 0 Å². The molecule has 3 rings (SSSR count). The highest BCUT2D eigenvalue weighted by Gasteiger charge is 2.45. The van der Waals surface area contributed by atoms with Gasteiger partial charge in [-0.1, -0.05) is 57.2 Å². The number of aliphatic hydroxyl groups is 1. The Hall–Kier alpha value is -3.12. The van der Waals surface area contributed by atoms with Gasteiger partial charge in [0.25, 0.3) is 11.7 Å². The van der Waals surface area contributed by atoms with Crippen molar-refractivity contribution in [2.24, 2.45) is 0 Å². The summed E-state index contributed by atoms with van der Waals surface area (Å²) < 4.78 is 10.4. The smallest absolute Gasteiger partial charge is 0.295 e. The molecule has 0 aromatic heterocycles. The van der Waals surface area contributed by atoms with E-state index in [-0.39, 0.29) is 16.7 Å². The van der Waals surface area contributed by atoms with Crippen molar-refractivity contribution in [3.8, 4) is 5.75 Å². The molecule has 1 atom stereocenters. The predicted molar refractivity (Wildman–Crippen MR) is 124 cm³/mol. The van der Waals surface area contributed by atoms with Crippen molar-refractivity contribution in [3.05, 3.63) is 70.8 Å². The van der Waals surface area contributed by atoms with Crippen LogP contribution < -0.4 is 4.74 Å². The van der Waals surface area contributed by atoms with E-state index in [1.54, 1.807) is 31.4 Å². The van der Waals surface area contributed by atoms with Crippen LogP contribution in [0.3, 0.4) is 0 Å². The number of nitrogens with zero attached hydrogens (tertiary/aromatic N) is 1. The quantitative estimate of drug-likeness (QED) is 0.300. The molecule has 170 valence electrons. The molecule has 1 N–H and O–H groups in total. The van der Waals surface area contributed by atoms with Gasteiger partial charge < -0.3 is 19.5 Å². The highest BCUT2D eigenvalue weighted by Crippen LogP contribution is 2.40. The molecule has 0 unspecified atom stereocenters. The minimum absolute atomic E-state index is 0.0284. The molecule has 1 saturated heterocycles. The number of ketones is 1. The Balaban J connectivity index is 2.12. The van der Waals surface area contributed by atoms with Crippen LogP contribution in [0.25, 0.3) is 5.76 Å². The number of methoxy groups -OCH3 is 2. The zero-order chi connectivity index (χ0) is 23.5. The van der Waals surface area contributed by atoms with Gasteiger partial charge in [0.2, 0.25) is 0 Å². The summed E-state index contributed by atoms with van der Waals surface area (Å²) in [6.45, 7) is 7.19. The van der Waals surface area contributed by atoms with E-state index < -0.39 is 17.7 Å². The lowest BCUT2D eigenvalue weighted by atomic mass is 9.85. The van der Waals surface area contributed by atoms with Gasteiger partial charge in [0.1, 0.15) is 11.5 Å². The van der Waals surface area contributed by atoms with Gasteiger partial charge in [-0.15, -0.1) is 0 Å². The molecular formula is C26H31NO5. The number of hydrogen-bond donors (Lipinski definition) is 1. The molecule has 1 heterocycles. The Morgan fingerprint density at radius 2 is 1.75 bits per heavy atom. The molecule has 0 bridgehead atoms. The monoisotopic (exact) mass is 437 g/mol. The second-order valence-electron chi connectivity index (χ2n) is 8.94. The van der Waals surface area contributed by atoms with Gasteiger partial charge in [-0.3, -0.25) is 9.59 Å². The zero-order valence-electron chi connectivity index (χ0n) is 19.3. The minimum Gasteiger partial charge on any atom is -0.507 e. The number of carbonyl (C=O) groups is 2. The third-order valence-electron chi connectivity index (χ3n) is 5.72. The first-order valence-corrected chi connectivity index (χ1v) is 10.7. The number of benzene rings is 2. The maximum absolute atomic E-state index is 13.1. The summed E-state index contributed by atoms with van der Waals surface area (Å²) in [7, 11) is 3.13. The van der Waals surface area contributed by atoms with Crippen LogP contribution in [0.5, 0.6) is 5.75 Å². The van der Waals surface area contributed by atoms with Crippen molar-refractivity contribution in [1.29, 1.82) is 0 Å². The highest BCUT2D eigenvalue weighted by molar-refractivity contribution is 6.46. The molecular weight excluding hydrogens is 406 g/mol. The number of rotatable bonds is 7. The van der Waals surface area contributed by atoms with Gasteiger partial charge in [0.05, 0.1) is 18.7 Å². The first-order valence-electron chi connectivity index (χ1n) is 10.7. The Morgan fingerprint density at radius 3 is 2.34 bits per heavy atom. The Morgan fingerprint density at radius 1 is 1.06 bits per heavy atom. The van der Waals surface area contributed by atoms with Crippen LogP contribution in [-0.4, -0.2) is 49.1 Å². The second-order valence-corrected chi connectivity index (χ2v) is 8.94. The first kappa shape index (κ1) is 23.5. The standard InChI is InChI=1S/C26H31NO5/c1-26(2,3)19-12-10-17(11-13-19)22-21(23(28)18-8-6-9-20(16-18)32-5)24(29)25(30)27(22)14-7-15-31-4/h6,8-13,16,22,28H,7,14-15H2,1-5H3/t22-/m0/s1. The molecule has 2 aromatic carbocycles. The lowest BCUT2D eigenvalue weighted by Crippen LogP contribution is -2.31. The fourth-order valence-electron chi connectivity index (χ4n) is 3.93. The number of Topliss-reactive ketones (excluding diaryl/α,β-unsaturated/α-hetero) is 1. The van der Waals surface area contributed by atoms with Crippen molar-refractivity contribution < 1.29 is 24.2 Å². The summed E-state index contributed by atoms with van der Waals surface area (Å²) in [5.74, 6) is -0.959. The number of aliphatic hydroxyl groups excluding tert-OH is 1. The summed E-state index contributed by atoms with van der Waals surface area (Å²) >= 11 is 0. The van der Waals surface area contributed by atoms with E-state index in [1.165, 1.54) is 12.0 Å². The van der Waals surface area contributed by atoms with Crippen LogP contribution in [-0.2, 0) is 19.7 Å². The summed E-state index contributed by atoms with van der Waals surface area (Å²) in [6.07, 6.45) is 0.583. The van der Waals surface area contributed by atoms with Gasteiger partial charge in [-0.05, 0) is 35.1 Å². The molecule has 32 heavy (non-hydrogen) atoms. The molecule has 1 amide bonds. The number of carbonyl (C=O) groups excluding carboxylic acids is 2. The second kappa shape index (κ2) is 9.57. The van der Waals surface area contributed by atoms with Crippen molar-refractivity contribution in [1.82, 2.24) is 4.90 Å². The average molecular weight is 438 g/mol. The van der Waals surface area contributed by atoms with E-state index in [9.17, 15) is 14.7 Å². The van der Waals surface area contributed by atoms with Crippen LogP contribution >= 0.6 is 0 Å². The topological polar surface area (TPSA) is 76.1 Å². The van der Waals surface area contributed by atoms with E-state index in [0.29, 0.717) is 30.9 Å². The molecule has 0 spiro atoms. The van der Waals surface area contributed by atoms with Gasteiger partial charge in [0.15, 0.2) is 0 Å². The van der Waals surface area contributed by atoms with Gasteiger partial charge >= 0.3 is 0 Å². The maximum Gasteiger partial charge on any atom is 0.295 e. The Bertz CT molecular complexity index is 1020. The molecule has 1 fully saturated rings. The SMILES string of the molecule is COCCCN1C(=O)C(=O)C(=C(O)c2cccc(OC)c2)[C@@H]1c1ccc(C(C)(C)C)cc1. The third kappa shape index (κ3) is 4.70. The molecule has 1 aliphatic heterocycles. The van der Waals surface area contributed by atoms with Crippen LogP contribution in [0.4, 0.5) is 0 Å². The molecule has 6 heteroatoms. The molecule has 0 aliphatic carbocycles. The lowest BCUT2D eigenvalue weighted by Gasteiger charge is -2.26. The number of hydrogen-bond acceptors (Lipinski definition) is 5. The molecule has 1 aliphatic rings. The lowest BCUT2D eigenvalue weighted by molar-refractivity contribution is -0.140. The maximum atomic E-state index is 13.1. The van der Waals surface area contributed by atoms with Crippen LogP contribution in [0.2, 0.25) is 0 Å². The van der Waals surface area contributed by atoms with E-state index >= 15 is 0 Å². The van der Waals surface area contributed by atoms with E-state index in [0.717, 1.165) is 11.1 Å². The first-order chi connectivity index (χ1) is 15.2. The number of likely N-dealkylation sites (tertiary alicyclic amines) is 1. The van der Waals surface area contributed by atoms with Crippen LogP contribution in [0, 0.1) is 0 Å². The molecule has 2 aromatic rings. The van der Waals surface area contributed by atoms with Crippen molar-refractivity contribution in [3.63, 3.8) is 0 Å². The average Bonchev–Trinajstić information content (AvgIpc) is 3.03. The summed E-state index contributed by atoms with van der Waals surface area (Å²) in [6, 6.07) is 14.0. The third-order valence-corrected chi connectivity index (χ3v) is 5.72. The van der Waals surface area contributed by atoms with E-state index in [1.807, 2.05) is 24.3 Å². The van der Waals surface area contributed by atoms with E-state index in [4.69, 9.17) is 9.47 Å². The summed E-state index contributed by atoms with van der Waals surface area (Å²) in [4.78, 5) is 27.5. The van der Waals surface area contributed by atoms with Gasteiger partial charge in [0, 0.05) is 25.8 Å². The van der Waals surface area contributed by atoms with Crippen LogP contribution in [0.1, 0.15) is 49.9 Å². The number of ether oxygens (including phenoxy) is 2. The fraction of sp³-hybridized carbons (Fsp3) is 0.385. The Labute approximate surface area is 189 Å². The normalized spacial score (nSPS) is 18.3. The molecule has 0 radical (unpaired) electrons. The molecule has 6 nitrogen and oxygen atoms in total. The predicted octanol–water partition coefficient (Wildman–Crippen LogP) is 4.45. The zero-order valence-corrected chi connectivity index (χ0v) is 19.3. The van der Waals surface area contributed by atoms with Crippen LogP contribution in [0.15, 0.2) is 54.1 Å². The minimum atomic E-state index is -0.687. The molecule has 0 saturated carbocycles.